The molecule has 1 aromatic carbocycles. The second kappa shape index (κ2) is 5.26. The van der Waals surface area contributed by atoms with Gasteiger partial charge in [-0.15, -0.1) is 11.8 Å². The molecule has 0 aliphatic rings. The molecule has 17 heavy (non-hydrogen) atoms. The maximum atomic E-state index is 11.1. The van der Waals surface area contributed by atoms with Crippen LogP contribution < -0.4 is 10.9 Å². The minimum absolute atomic E-state index is 0.00488. The number of anilines is 1. The second-order valence-corrected chi connectivity index (χ2v) is 6.79. The van der Waals surface area contributed by atoms with Crippen LogP contribution in [0.3, 0.4) is 0 Å². The van der Waals surface area contributed by atoms with Gasteiger partial charge in [0, 0.05) is 10.1 Å². The molecule has 1 rings (SSSR count). The first-order chi connectivity index (χ1) is 7.71. The normalized spacial score (nSPS) is 15.5. The number of sulfonamides is 1. The van der Waals surface area contributed by atoms with E-state index in [-0.39, 0.29) is 15.8 Å². The third kappa shape index (κ3) is 3.88. The van der Waals surface area contributed by atoms with E-state index in [9.17, 15) is 13.5 Å². The van der Waals surface area contributed by atoms with E-state index in [2.05, 4.69) is 0 Å². The lowest BCUT2D eigenvalue weighted by Gasteiger charge is -2.14. The zero-order chi connectivity index (χ0) is 13.2. The van der Waals surface area contributed by atoms with Crippen molar-refractivity contribution >= 4 is 27.5 Å². The minimum Gasteiger partial charge on any atom is -0.398 e. The van der Waals surface area contributed by atoms with Crippen molar-refractivity contribution in [3.8, 4) is 0 Å². The van der Waals surface area contributed by atoms with E-state index >= 15 is 0 Å². The fraction of sp³-hybridized carbons (Fsp3) is 0.400. The fourth-order valence-electron chi connectivity index (χ4n) is 1.17. The molecule has 0 saturated heterocycles. The smallest absolute Gasteiger partial charge is 0.240 e. The van der Waals surface area contributed by atoms with Gasteiger partial charge >= 0.3 is 0 Å². The Morgan fingerprint density at radius 1 is 1.35 bits per heavy atom. The van der Waals surface area contributed by atoms with Gasteiger partial charge in [-0.25, -0.2) is 13.6 Å². The van der Waals surface area contributed by atoms with Crippen LogP contribution in [0.1, 0.15) is 13.8 Å². The van der Waals surface area contributed by atoms with Crippen LogP contribution >= 0.6 is 11.8 Å². The first kappa shape index (κ1) is 14.3. The molecule has 5 nitrogen and oxygen atoms in total. The molecule has 2 atom stereocenters. The Hall–Kier alpha value is -0.760. The van der Waals surface area contributed by atoms with Gasteiger partial charge < -0.3 is 10.8 Å². The van der Waals surface area contributed by atoms with Crippen molar-refractivity contribution < 1.29 is 13.5 Å². The Bertz CT molecular complexity index is 500. The van der Waals surface area contributed by atoms with E-state index in [4.69, 9.17) is 10.9 Å². The lowest BCUT2D eigenvalue weighted by molar-refractivity contribution is 0.196. The molecule has 0 spiro atoms. The van der Waals surface area contributed by atoms with E-state index in [1.807, 2.05) is 6.92 Å². The molecule has 1 aromatic rings. The Balaban J connectivity index is 2.98. The molecule has 0 heterocycles. The van der Waals surface area contributed by atoms with Gasteiger partial charge in [-0.05, 0) is 25.1 Å². The van der Waals surface area contributed by atoms with Crippen LogP contribution in [-0.4, -0.2) is 24.9 Å². The van der Waals surface area contributed by atoms with Crippen LogP contribution in [0.2, 0.25) is 0 Å². The second-order valence-electron chi connectivity index (χ2n) is 3.81. The summed E-state index contributed by atoms with van der Waals surface area (Å²) in [5.41, 5.74) is 5.74. The molecule has 5 N–H and O–H groups in total. The van der Waals surface area contributed by atoms with Gasteiger partial charge in [0.25, 0.3) is 0 Å². The molecule has 7 heteroatoms. The number of nitrogens with two attached hydrogens (primary N) is 2. The van der Waals surface area contributed by atoms with Crippen molar-refractivity contribution in [2.75, 3.05) is 5.73 Å². The molecule has 0 aliphatic carbocycles. The van der Waals surface area contributed by atoms with Gasteiger partial charge in [0.2, 0.25) is 10.0 Å². The summed E-state index contributed by atoms with van der Waals surface area (Å²) >= 11 is 1.42. The van der Waals surface area contributed by atoms with E-state index in [0.717, 1.165) is 4.90 Å². The largest absolute Gasteiger partial charge is 0.398 e. The highest BCUT2D eigenvalue weighted by molar-refractivity contribution is 8.00. The summed E-state index contributed by atoms with van der Waals surface area (Å²) in [6.07, 6.45) is -0.459. The summed E-state index contributed by atoms with van der Waals surface area (Å²) < 4.78 is 22.3. The number of nitrogen functional groups attached to an aromatic ring is 1. The highest BCUT2D eigenvalue weighted by atomic mass is 32.2. The highest BCUT2D eigenvalue weighted by Gasteiger charge is 2.15. The van der Waals surface area contributed by atoms with Gasteiger partial charge in [-0.3, -0.25) is 0 Å². The maximum absolute atomic E-state index is 11.1. The standard InChI is InChI=1S/C10H16N2O3S2/c1-6(13)7(2)16-8-3-4-10(9(11)5-8)17(12,14)15/h3-7,13H,11H2,1-2H3,(H2,12,14,15). The van der Waals surface area contributed by atoms with E-state index in [1.165, 1.54) is 17.8 Å². The van der Waals surface area contributed by atoms with Crippen LogP contribution in [0.4, 0.5) is 5.69 Å². The molecule has 2 unspecified atom stereocenters. The van der Waals surface area contributed by atoms with Crippen molar-refractivity contribution in [2.45, 2.75) is 35.0 Å². The molecule has 96 valence electrons. The number of benzene rings is 1. The molecule has 0 aromatic heterocycles. The molecule has 0 amide bonds. The van der Waals surface area contributed by atoms with Gasteiger partial charge in [0.05, 0.1) is 11.8 Å². The topological polar surface area (TPSA) is 106 Å². The maximum Gasteiger partial charge on any atom is 0.240 e. The first-order valence-corrected chi connectivity index (χ1v) is 7.41. The summed E-state index contributed by atoms with van der Waals surface area (Å²) in [4.78, 5) is 0.717. The third-order valence-corrected chi connectivity index (χ3v) is 4.57. The van der Waals surface area contributed by atoms with Gasteiger partial charge in [0.15, 0.2) is 0 Å². The number of rotatable bonds is 4. The summed E-state index contributed by atoms with van der Waals surface area (Å²) in [5.74, 6) is 0. The number of thioether (sulfide) groups is 1. The Labute approximate surface area is 105 Å². The van der Waals surface area contributed by atoms with Gasteiger partial charge in [0.1, 0.15) is 4.90 Å². The number of aliphatic hydroxyl groups is 1. The van der Waals surface area contributed by atoms with Crippen molar-refractivity contribution in [1.29, 1.82) is 0 Å². The van der Waals surface area contributed by atoms with Crippen molar-refractivity contribution in [2.24, 2.45) is 5.14 Å². The first-order valence-electron chi connectivity index (χ1n) is 4.99. The van der Waals surface area contributed by atoms with Crippen molar-refractivity contribution in [3.05, 3.63) is 18.2 Å². The van der Waals surface area contributed by atoms with Crippen LogP contribution in [0, 0.1) is 0 Å². The number of hydrogen-bond acceptors (Lipinski definition) is 5. The minimum atomic E-state index is -3.78. The SMILES string of the molecule is CC(O)C(C)Sc1ccc(S(N)(=O)=O)c(N)c1. The molecule has 0 aliphatic heterocycles. The lowest BCUT2D eigenvalue weighted by Crippen LogP contribution is -2.16. The number of hydrogen-bond donors (Lipinski definition) is 3. The predicted molar refractivity (Wildman–Crippen MR) is 69.2 cm³/mol. The Morgan fingerprint density at radius 2 is 1.94 bits per heavy atom. The molecular formula is C10H16N2O3S2. The van der Waals surface area contributed by atoms with E-state index in [0.29, 0.717) is 0 Å². The van der Waals surface area contributed by atoms with Crippen LogP contribution in [-0.2, 0) is 10.0 Å². The summed E-state index contributed by atoms with van der Waals surface area (Å²) in [6, 6.07) is 4.55. The molecule has 0 radical (unpaired) electrons. The summed E-state index contributed by atoms with van der Waals surface area (Å²) in [5, 5.41) is 14.4. The fourth-order valence-corrected chi connectivity index (χ4v) is 2.79. The highest BCUT2D eigenvalue weighted by Crippen LogP contribution is 2.29. The molecule has 0 fully saturated rings. The van der Waals surface area contributed by atoms with Gasteiger partial charge in [-0.1, -0.05) is 6.92 Å². The van der Waals surface area contributed by atoms with Gasteiger partial charge in [-0.2, -0.15) is 0 Å². The average Bonchev–Trinajstić information content (AvgIpc) is 2.15. The Morgan fingerprint density at radius 3 is 2.35 bits per heavy atom. The molecular weight excluding hydrogens is 260 g/mol. The van der Waals surface area contributed by atoms with Crippen molar-refractivity contribution in [3.63, 3.8) is 0 Å². The van der Waals surface area contributed by atoms with E-state index in [1.54, 1.807) is 19.1 Å². The zero-order valence-corrected chi connectivity index (χ0v) is 11.3. The lowest BCUT2D eigenvalue weighted by atomic mass is 10.3. The summed E-state index contributed by atoms with van der Waals surface area (Å²) in [7, 11) is -3.78. The average molecular weight is 276 g/mol. The zero-order valence-electron chi connectivity index (χ0n) is 9.62. The van der Waals surface area contributed by atoms with Crippen LogP contribution in [0.15, 0.2) is 28.0 Å². The number of aliphatic hydroxyl groups excluding tert-OH is 1. The predicted octanol–water partition coefficient (Wildman–Crippen LogP) is 0.778. The number of primary sulfonamides is 1. The third-order valence-electron chi connectivity index (χ3n) is 2.29. The van der Waals surface area contributed by atoms with Crippen molar-refractivity contribution in [1.82, 2.24) is 0 Å². The molecule has 0 saturated carbocycles. The van der Waals surface area contributed by atoms with Crippen LogP contribution in [0.5, 0.6) is 0 Å². The van der Waals surface area contributed by atoms with Crippen LogP contribution in [0.25, 0.3) is 0 Å². The monoisotopic (exact) mass is 276 g/mol. The molecule has 0 bridgehead atoms. The summed E-state index contributed by atoms with van der Waals surface area (Å²) in [6.45, 7) is 3.57. The Kier molecular flexibility index (Phi) is 4.42. The van der Waals surface area contributed by atoms with E-state index < -0.39 is 16.1 Å². The quantitative estimate of drug-likeness (QED) is 0.556.